The van der Waals surface area contributed by atoms with E-state index < -0.39 is 17.7 Å². The van der Waals surface area contributed by atoms with Gasteiger partial charge in [-0.15, -0.1) is 0 Å². The van der Waals surface area contributed by atoms with Gasteiger partial charge >= 0.3 is 11.8 Å². The molecule has 0 bridgehead atoms. The molecule has 0 aromatic heterocycles. The highest BCUT2D eigenvalue weighted by Crippen LogP contribution is 2.30. The third-order valence-electron chi connectivity index (χ3n) is 4.44. The van der Waals surface area contributed by atoms with Crippen molar-refractivity contribution in [2.45, 2.75) is 38.5 Å². The van der Waals surface area contributed by atoms with Crippen LogP contribution >= 0.6 is 0 Å². The molecule has 0 aromatic carbocycles. The van der Waals surface area contributed by atoms with Crippen LogP contribution in [-0.4, -0.2) is 46.1 Å². The largest absolute Gasteiger partial charge is 0.446 e. The molecular formula is C16H19N2O6+. The van der Waals surface area contributed by atoms with Crippen LogP contribution < -0.4 is 0 Å². The number of imide groups is 2. The Labute approximate surface area is 138 Å². The number of nitroso groups, excluding NO2 is 1. The van der Waals surface area contributed by atoms with Gasteiger partial charge in [0.25, 0.3) is 11.8 Å². The number of nitrogens with zero attached hydrogens (tertiary/aromatic N) is 2. The normalized spacial score (nSPS) is 23.4. The smallest absolute Gasteiger partial charge is 0.303 e. The average molecular weight is 335 g/mol. The van der Waals surface area contributed by atoms with Gasteiger partial charge in [0.05, 0.1) is 12.3 Å². The molecule has 1 heterocycles. The molecule has 24 heavy (non-hydrogen) atoms. The summed E-state index contributed by atoms with van der Waals surface area (Å²) in [6, 6.07) is 0. The molecule has 0 spiro atoms. The van der Waals surface area contributed by atoms with E-state index in [2.05, 4.69) is 0 Å². The zero-order chi connectivity index (χ0) is 17.7. The molecule has 1 fully saturated rings. The minimum absolute atomic E-state index is 0.0798. The maximum Gasteiger partial charge on any atom is 0.446 e. The second-order valence-electron chi connectivity index (χ2n) is 6.07. The van der Waals surface area contributed by atoms with Crippen LogP contribution in [0.4, 0.5) is 0 Å². The van der Waals surface area contributed by atoms with Crippen molar-refractivity contribution < 1.29 is 28.7 Å². The minimum Gasteiger partial charge on any atom is -0.303 e. The summed E-state index contributed by atoms with van der Waals surface area (Å²) in [4.78, 5) is 69.7. The van der Waals surface area contributed by atoms with Crippen LogP contribution in [0.2, 0.25) is 0 Å². The highest BCUT2D eigenvalue weighted by molar-refractivity contribution is 6.12. The van der Waals surface area contributed by atoms with Gasteiger partial charge in [0, 0.05) is 30.0 Å². The monoisotopic (exact) mass is 335 g/mol. The summed E-state index contributed by atoms with van der Waals surface area (Å²) < 4.78 is -0.133. The Kier molecular flexibility index (Phi) is 5.83. The molecule has 0 unspecified atom stereocenters. The topological polar surface area (TPSA) is 109 Å². The number of carbonyl (C=O) groups excluding carboxylic acids is 5. The SMILES string of the molecule is O=CCCC(=O)[N+](=O)C(=O)C1CCC(CN2C(=O)C=CC2=O)CC1. The third-order valence-corrected chi connectivity index (χ3v) is 4.44. The summed E-state index contributed by atoms with van der Waals surface area (Å²) >= 11 is 0. The maximum atomic E-state index is 12.0. The van der Waals surface area contributed by atoms with Crippen molar-refractivity contribution in [3.05, 3.63) is 17.1 Å². The van der Waals surface area contributed by atoms with E-state index >= 15 is 0 Å². The molecule has 1 aliphatic carbocycles. The standard InChI is InChI=1S/C16H19N2O6/c19-9-1-2-15(22)18(24)16(23)12-5-3-11(4-6-12)10-17-13(20)7-8-14(17)21/h7-9,11-12H,1-6,10H2/q+1. The lowest BCUT2D eigenvalue weighted by molar-refractivity contribution is -0.406. The van der Waals surface area contributed by atoms with Gasteiger partial charge in [0.2, 0.25) is 0 Å². The van der Waals surface area contributed by atoms with Crippen molar-refractivity contribution >= 4 is 29.9 Å². The molecule has 2 rings (SSSR count). The second kappa shape index (κ2) is 7.85. The average Bonchev–Trinajstić information content (AvgIpc) is 2.91. The van der Waals surface area contributed by atoms with E-state index in [1.165, 1.54) is 17.1 Å². The van der Waals surface area contributed by atoms with Crippen molar-refractivity contribution in [1.82, 2.24) is 4.90 Å². The van der Waals surface area contributed by atoms with Gasteiger partial charge in [-0.3, -0.25) is 14.5 Å². The van der Waals surface area contributed by atoms with E-state index in [9.17, 15) is 28.9 Å². The fraction of sp³-hybridized carbons (Fsp3) is 0.562. The maximum absolute atomic E-state index is 12.0. The number of rotatable bonds is 6. The van der Waals surface area contributed by atoms with Crippen LogP contribution in [0.5, 0.6) is 0 Å². The first-order valence-electron chi connectivity index (χ1n) is 7.95. The van der Waals surface area contributed by atoms with Crippen LogP contribution in [-0.2, 0) is 24.0 Å². The molecule has 0 saturated heterocycles. The molecule has 1 saturated carbocycles. The Morgan fingerprint density at radius 2 is 1.71 bits per heavy atom. The zero-order valence-corrected chi connectivity index (χ0v) is 13.2. The van der Waals surface area contributed by atoms with Crippen LogP contribution in [0.1, 0.15) is 38.5 Å². The predicted octanol–water partition coefficient (Wildman–Crippen LogP) is 0.529. The van der Waals surface area contributed by atoms with Gasteiger partial charge in [0.15, 0.2) is 0 Å². The lowest BCUT2D eigenvalue weighted by atomic mass is 9.81. The third kappa shape index (κ3) is 4.06. The van der Waals surface area contributed by atoms with Crippen molar-refractivity contribution in [2.75, 3.05) is 6.54 Å². The summed E-state index contributed by atoms with van der Waals surface area (Å²) in [6.07, 6.45) is 4.73. The Hall–Kier alpha value is -2.51. The Morgan fingerprint density at radius 3 is 2.25 bits per heavy atom. The Bertz CT molecular complexity index is 598. The molecule has 0 N–H and O–H groups in total. The predicted molar refractivity (Wildman–Crippen MR) is 80.2 cm³/mol. The van der Waals surface area contributed by atoms with Crippen LogP contribution in [0.3, 0.4) is 0 Å². The van der Waals surface area contributed by atoms with Crippen molar-refractivity contribution in [3.63, 3.8) is 0 Å². The number of hydrogen-bond donors (Lipinski definition) is 0. The quantitative estimate of drug-likeness (QED) is 0.398. The van der Waals surface area contributed by atoms with E-state index in [1.807, 2.05) is 0 Å². The van der Waals surface area contributed by atoms with Gasteiger partial charge in [-0.05, 0) is 31.6 Å². The fourth-order valence-corrected chi connectivity index (χ4v) is 3.03. The molecule has 0 aromatic rings. The molecule has 4 amide bonds. The lowest BCUT2D eigenvalue weighted by Gasteiger charge is -2.27. The molecule has 0 atom stereocenters. The van der Waals surface area contributed by atoms with E-state index in [-0.39, 0.29) is 35.3 Å². The first-order valence-corrected chi connectivity index (χ1v) is 7.95. The summed E-state index contributed by atoms with van der Waals surface area (Å²) in [5.41, 5.74) is 0. The second-order valence-corrected chi connectivity index (χ2v) is 6.07. The van der Waals surface area contributed by atoms with Crippen LogP contribution in [0.15, 0.2) is 12.2 Å². The molecule has 1 aliphatic heterocycles. The summed E-state index contributed by atoms with van der Waals surface area (Å²) in [7, 11) is 0. The van der Waals surface area contributed by atoms with E-state index in [0.717, 1.165) is 0 Å². The number of hydrogen-bond acceptors (Lipinski definition) is 6. The minimum atomic E-state index is -0.895. The van der Waals surface area contributed by atoms with E-state index in [1.54, 1.807) is 0 Å². The fourth-order valence-electron chi connectivity index (χ4n) is 3.03. The molecule has 0 radical (unpaired) electrons. The van der Waals surface area contributed by atoms with Gasteiger partial charge in [-0.2, -0.15) is 0 Å². The van der Waals surface area contributed by atoms with Gasteiger partial charge in [-0.25, -0.2) is 9.59 Å². The first-order chi connectivity index (χ1) is 11.4. The first kappa shape index (κ1) is 17.8. The van der Waals surface area contributed by atoms with Crippen molar-refractivity contribution in [1.29, 1.82) is 0 Å². The number of carbonyl (C=O) groups is 5. The van der Waals surface area contributed by atoms with Gasteiger partial charge < -0.3 is 4.79 Å². The molecule has 2 aliphatic rings. The molecule has 8 heteroatoms. The summed E-state index contributed by atoms with van der Waals surface area (Å²) in [5.74, 6) is -2.75. The van der Waals surface area contributed by atoms with Crippen molar-refractivity contribution in [2.24, 2.45) is 11.8 Å². The Morgan fingerprint density at radius 1 is 1.12 bits per heavy atom. The van der Waals surface area contributed by atoms with E-state index in [0.29, 0.717) is 38.5 Å². The van der Waals surface area contributed by atoms with Crippen molar-refractivity contribution in [3.8, 4) is 0 Å². The number of amides is 4. The lowest BCUT2D eigenvalue weighted by Crippen LogP contribution is -2.38. The summed E-state index contributed by atoms with van der Waals surface area (Å²) in [6.45, 7) is 0.310. The molecular weight excluding hydrogens is 316 g/mol. The van der Waals surface area contributed by atoms with Gasteiger partial charge in [0.1, 0.15) is 11.0 Å². The Balaban J connectivity index is 1.81. The molecule has 128 valence electrons. The zero-order valence-electron chi connectivity index (χ0n) is 13.2. The highest BCUT2D eigenvalue weighted by atomic mass is 16.3. The number of aldehydes is 1. The molecule has 8 nitrogen and oxygen atoms in total. The van der Waals surface area contributed by atoms with E-state index in [4.69, 9.17) is 0 Å². The van der Waals surface area contributed by atoms with Gasteiger partial charge in [-0.1, -0.05) is 0 Å². The summed E-state index contributed by atoms with van der Waals surface area (Å²) in [5, 5.41) is 0. The van der Waals surface area contributed by atoms with Crippen LogP contribution in [0.25, 0.3) is 0 Å². The highest BCUT2D eigenvalue weighted by Gasteiger charge is 2.40. The van der Waals surface area contributed by atoms with Crippen LogP contribution in [0, 0.1) is 16.7 Å².